The van der Waals surface area contributed by atoms with E-state index in [-0.39, 0.29) is 0 Å². The lowest BCUT2D eigenvalue weighted by Crippen LogP contribution is -2.00. The van der Waals surface area contributed by atoms with Gasteiger partial charge in [-0.25, -0.2) is 24.9 Å². The molecule has 0 saturated heterocycles. The van der Waals surface area contributed by atoms with E-state index in [1.165, 1.54) is 16.2 Å². The van der Waals surface area contributed by atoms with E-state index >= 15 is 0 Å². The first kappa shape index (κ1) is 33.0. The Bertz CT molecular complexity index is 2940. The van der Waals surface area contributed by atoms with Crippen LogP contribution in [0.5, 0.6) is 0 Å². The first-order valence-corrected chi connectivity index (χ1v) is 18.7. The van der Waals surface area contributed by atoms with Gasteiger partial charge in [-0.15, -0.1) is 0 Å². The fraction of sp³-hybridized carbons (Fsp3) is 0. The summed E-state index contributed by atoms with van der Waals surface area (Å²) in [5.74, 6) is 2.59. The van der Waals surface area contributed by atoms with Gasteiger partial charge in [0.25, 0.3) is 0 Å². The molecule has 10 rings (SSSR count). The van der Waals surface area contributed by atoms with Crippen LogP contribution in [0.15, 0.2) is 200 Å². The van der Waals surface area contributed by atoms with Gasteiger partial charge in [0.1, 0.15) is 0 Å². The molecule has 0 saturated carbocycles. The Hall–Kier alpha value is -7.63. The van der Waals surface area contributed by atoms with Crippen molar-refractivity contribution in [3.05, 3.63) is 200 Å². The van der Waals surface area contributed by atoms with Crippen molar-refractivity contribution in [2.75, 3.05) is 0 Å². The fourth-order valence-electron chi connectivity index (χ4n) is 7.24. The smallest absolute Gasteiger partial charge is 0.164 e. The Kier molecular flexibility index (Phi) is 8.43. The molecule has 5 heteroatoms. The average Bonchev–Trinajstić information content (AvgIpc) is 3.29. The molecule has 10 aromatic rings. The molecule has 2 aromatic heterocycles. The highest BCUT2D eigenvalue weighted by atomic mass is 15.0. The standard InChI is InChI=1S/C51H33N5/c1-4-14-36(15-5-1)46-33-47(53-48(52-46)37-16-6-2-7-17-37)42-21-12-20-40(31-42)34-23-26-39(27-24-34)50-54-49(38-18-8-3-9-19-38)55-51(56-50)43-29-30-45-41(32-43)28-25-35-13-10-11-22-44(35)45/h1-33H. The molecular formula is C51H33N5. The quantitative estimate of drug-likeness (QED) is 0.154. The van der Waals surface area contributed by atoms with Gasteiger partial charge in [0.15, 0.2) is 23.3 Å². The van der Waals surface area contributed by atoms with E-state index < -0.39 is 0 Å². The van der Waals surface area contributed by atoms with E-state index in [0.29, 0.717) is 23.3 Å². The van der Waals surface area contributed by atoms with E-state index in [1.54, 1.807) is 0 Å². The largest absolute Gasteiger partial charge is 0.228 e. The molecule has 0 aliphatic heterocycles. The number of aromatic nitrogens is 5. The van der Waals surface area contributed by atoms with Gasteiger partial charge in [-0.1, -0.05) is 182 Å². The SMILES string of the molecule is c1ccc(-c2cc(-c3cccc(-c4ccc(-c5nc(-c6ccccc6)nc(-c6ccc7c(ccc8ccccc87)c6)n5)cc4)c3)nc(-c3ccccc3)n2)cc1. The van der Waals surface area contributed by atoms with Crippen LogP contribution in [0.3, 0.4) is 0 Å². The molecule has 0 aliphatic rings. The molecule has 0 N–H and O–H groups in total. The van der Waals surface area contributed by atoms with E-state index in [2.05, 4.69) is 121 Å². The lowest BCUT2D eigenvalue weighted by Gasteiger charge is -2.11. The molecule has 262 valence electrons. The molecule has 5 nitrogen and oxygen atoms in total. The van der Waals surface area contributed by atoms with Crippen molar-refractivity contribution in [2.45, 2.75) is 0 Å². The monoisotopic (exact) mass is 715 g/mol. The van der Waals surface area contributed by atoms with Crippen LogP contribution in [-0.2, 0) is 0 Å². The summed E-state index contributed by atoms with van der Waals surface area (Å²) in [5.41, 5.74) is 9.74. The number of rotatable bonds is 7. The summed E-state index contributed by atoms with van der Waals surface area (Å²) in [6.07, 6.45) is 0. The van der Waals surface area contributed by atoms with Gasteiger partial charge in [0.2, 0.25) is 0 Å². The Labute approximate surface area is 324 Å². The van der Waals surface area contributed by atoms with Gasteiger partial charge in [-0.2, -0.15) is 0 Å². The van der Waals surface area contributed by atoms with Crippen molar-refractivity contribution in [1.29, 1.82) is 0 Å². The first-order chi connectivity index (χ1) is 27.7. The van der Waals surface area contributed by atoms with Gasteiger partial charge in [-0.3, -0.25) is 0 Å². The van der Waals surface area contributed by atoms with Crippen LogP contribution >= 0.6 is 0 Å². The molecule has 0 fully saturated rings. The molecule has 0 atom stereocenters. The van der Waals surface area contributed by atoms with Crippen LogP contribution in [-0.4, -0.2) is 24.9 Å². The van der Waals surface area contributed by atoms with Crippen LogP contribution in [0.25, 0.3) is 101 Å². The summed E-state index contributed by atoms with van der Waals surface area (Å²) in [5, 5.41) is 4.80. The Morgan fingerprint density at radius 3 is 1.34 bits per heavy atom. The molecule has 8 aromatic carbocycles. The summed E-state index contributed by atoms with van der Waals surface area (Å²) >= 11 is 0. The van der Waals surface area contributed by atoms with Gasteiger partial charge in [0, 0.05) is 33.4 Å². The minimum absolute atomic E-state index is 0.621. The maximum atomic E-state index is 5.05. The number of nitrogens with zero attached hydrogens (tertiary/aromatic N) is 5. The van der Waals surface area contributed by atoms with E-state index in [1.807, 2.05) is 78.9 Å². The summed E-state index contributed by atoms with van der Waals surface area (Å²) in [4.78, 5) is 25.1. The van der Waals surface area contributed by atoms with Gasteiger partial charge < -0.3 is 0 Å². The molecule has 2 heterocycles. The van der Waals surface area contributed by atoms with E-state index in [9.17, 15) is 0 Å². The summed E-state index contributed by atoms with van der Waals surface area (Å²) in [7, 11) is 0. The van der Waals surface area contributed by atoms with Crippen molar-refractivity contribution in [1.82, 2.24) is 24.9 Å². The predicted molar refractivity (Wildman–Crippen MR) is 228 cm³/mol. The zero-order valence-corrected chi connectivity index (χ0v) is 30.3. The van der Waals surface area contributed by atoms with Crippen molar-refractivity contribution in [2.24, 2.45) is 0 Å². The van der Waals surface area contributed by atoms with Crippen molar-refractivity contribution < 1.29 is 0 Å². The molecule has 0 spiro atoms. The third kappa shape index (κ3) is 6.48. The molecular weight excluding hydrogens is 683 g/mol. The number of benzene rings is 8. The number of hydrogen-bond acceptors (Lipinski definition) is 5. The Morgan fingerprint density at radius 1 is 0.214 bits per heavy atom. The maximum Gasteiger partial charge on any atom is 0.164 e. The number of hydrogen-bond donors (Lipinski definition) is 0. The average molecular weight is 716 g/mol. The summed E-state index contributed by atoms with van der Waals surface area (Å²) < 4.78 is 0. The van der Waals surface area contributed by atoms with Gasteiger partial charge >= 0.3 is 0 Å². The second kappa shape index (κ2) is 14.3. The van der Waals surface area contributed by atoms with Crippen LogP contribution in [0.1, 0.15) is 0 Å². The Balaban J connectivity index is 1.02. The first-order valence-electron chi connectivity index (χ1n) is 18.7. The molecule has 0 amide bonds. The van der Waals surface area contributed by atoms with Crippen molar-refractivity contribution in [3.63, 3.8) is 0 Å². The predicted octanol–water partition coefficient (Wildman–Crippen LogP) is 12.6. The van der Waals surface area contributed by atoms with Crippen LogP contribution in [0, 0.1) is 0 Å². The Morgan fingerprint density at radius 2 is 0.661 bits per heavy atom. The highest BCUT2D eigenvalue weighted by molar-refractivity contribution is 6.08. The van der Waals surface area contributed by atoms with Crippen LogP contribution in [0.4, 0.5) is 0 Å². The minimum atomic E-state index is 0.621. The molecule has 0 radical (unpaired) electrons. The molecule has 56 heavy (non-hydrogen) atoms. The van der Waals surface area contributed by atoms with Crippen molar-refractivity contribution in [3.8, 4) is 79.2 Å². The third-order valence-electron chi connectivity index (χ3n) is 10.1. The normalized spacial score (nSPS) is 11.2. The lowest BCUT2D eigenvalue weighted by molar-refractivity contribution is 1.07. The lowest BCUT2D eigenvalue weighted by atomic mass is 9.99. The zero-order chi connectivity index (χ0) is 37.3. The molecule has 0 unspecified atom stereocenters. The molecule has 0 bridgehead atoms. The number of fused-ring (bicyclic) bond motifs is 3. The topological polar surface area (TPSA) is 64.5 Å². The van der Waals surface area contributed by atoms with Crippen LogP contribution < -0.4 is 0 Å². The van der Waals surface area contributed by atoms with Gasteiger partial charge in [-0.05, 0) is 50.9 Å². The highest BCUT2D eigenvalue weighted by Gasteiger charge is 2.15. The van der Waals surface area contributed by atoms with Crippen molar-refractivity contribution >= 4 is 21.5 Å². The molecule has 0 aliphatic carbocycles. The summed E-state index contributed by atoms with van der Waals surface area (Å²) in [6, 6.07) is 68.8. The van der Waals surface area contributed by atoms with Crippen LogP contribution in [0.2, 0.25) is 0 Å². The minimum Gasteiger partial charge on any atom is -0.228 e. The zero-order valence-electron chi connectivity index (χ0n) is 30.3. The van der Waals surface area contributed by atoms with E-state index in [4.69, 9.17) is 24.9 Å². The van der Waals surface area contributed by atoms with Gasteiger partial charge in [0.05, 0.1) is 11.4 Å². The highest BCUT2D eigenvalue weighted by Crippen LogP contribution is 2.33. The summed E-state index contributed by atoms with van der Waals surface area (Å²) in [6.45, 7) is 0. The van der Waals surface area contributed by atoms with E-state index in [0.717, 1.165) is 61.3 Å². The maximum absolute atomic E-state index is 5.05. The third-order valence-corrected chi connectivity index (χ3v) is 10.1. The fourth-order valence-corrected chi connectivity index (χ4v) is 7.24. The second-order valence-corrected chi connectivity index (χ2v) is 13.7. The second-order valence-electron chi connectivity index (χ2n) is 13.7.